The Morgan fingerprint density at radius 2 is 1.82 bits per heavy atom. The topological polar surface area (TPSA) is 63.7 Å². The summed E-state index contributed by atoms with van der Waals surface area (Å²) in [6.07, 6.45) is 2.96. The molecule has 1 aliphatic carbocycles. The number of nitrogens with zero attached hydrogens (tertiary/aromatic N) is 1. The Morgan fingerprint density at radius 1 is 1.18 bits per heavy atom. The summed E-state index contributed by atoms with van der Waals surface area (Å²) >= 11 is 3.44. The van der Waals surface area contributed by atoms with Gasteiger partial charge in [0.25, 0.3) is 0 Å². The number of esters is 1. The Bertz CT molecular complexity index is 1200. The summed E-state index contributed by atoms with van der Waals surface area (Å²) in [5, 5.41) is 0. The van der Waals surface area contributed by atoms with Crippen molar-refractivity contribution >= 4 is 38.0 Å². The van der Waals surface area contributed by atoms with E-state index in [1.54, 1.807) is 38.1 Å². The second-order valence-corrected chi connectivity index (χ2v) is 11.5. The molecule has 174 valence electrons. The quantitative estimate of drug-likeness (QED) is 0.365. The molecule has 2 aromatic rings. The largest absolute Gasteiger partial charge is 0.447 e. The lowest BCUT2D eigenvalue weighted by Crippen LogP contribution is -2.34. The predicted molar refractivity (Wildman–Crippen MR) is 134 cm³/mol. The highest BCUT2D eigenvalue weighted by atomic mass is 79.9. The van der Waals surface area contributed by atoms with Crippen molar-refractivity contribution in [1.29, 1.82) is 0 Å². The minimum absolute atomic E-state index is 0.0168. The first kappa shape index (κ1) is 25.2. The summed E-state index contributed by atoms with van der Waals surface area (Å²) in [7, 11) is -3.73. The minimum Gasteiger partial charge on any atom is -0.447 e. The number of sulfonamides is 1. The van der Waals surface area contributed by atoms with E-state index < -0.39 is 21.6 Å². The molecule has 7 heteroatoms. The van der Waals surface area contributed by atoms with Gasteiger partial charge in [0.1, 0.15) is 0 Å². The van der Waals surface area contributed by atoms with Crippen molar-refractivity contribution < 1.29 is 17.9 Å². The molecule has 1 aliphatic rings. The molecule has 0 N–H and O–H groups in total. The zero-order chi connectivity index (χ0) is 24.2. The standard InChI is InChI=1S/C26H28BrNO4S/c1-19-6-12-25(13-7-19)33(30,31)28(15-5-14-26(3,4)32-20(2)29)18-23-17-22(23)16-21-8-10-24(27)11-9-21/h6-13,16,23H,15,17-18H2,1-4H3/b22-16-. The Labute approximate surface area is 205 Å². The third-order valence-electron chi connectivity index (χ3n) is 5.19. The van der Waals surface area contributed by atoms with E-state index in [2.05, 4.69) is 33.8 Å². The van der Waals surface area contributed by atoms with Crippen LogP contribution < -0.4 is 0 Å². The van der Waals surface area contributed by atoms with Crippen molar-refractivity contribution in [1.82, 2.24) is 4.31 Å². The van der Waals surface area contributed by atoms with Gasteiger partial charge in [-0.3, -0.25) is 4.79 Å². The van der Waals surface area contributed by atoms with Crippen LogP contribution in [0.3, 0.4) is 0 Å². The molecule has 0 amide bonds. The molecule has 0 bridgehead atoms. The number of hydrogen-bond acceptors (Lipinski definition) is 4. The summed E-state index contributed by atoms with van der Waals surface area (Å²) in [5.41, 5.74) is 2.31. The molecule has 2 aromatic carbocycles. The van der Waals surface area contributed by atoms with Gasteiger partial charge in [0.2, 0.25) is 10.0 Å². The van der Waals surface area contributed by atoms with Gasteiger partial charge in [0.05, 0.1) is 11.4 Å². The molecule has 0 spiro atoms. The van der Waals surface area contributed by atoms with E-state index in [1.165, 1.54) is 16.8 Å². The number of rotatable bonds is 7. The summed E-state index contributed by atoms with van der Waals surface area (Å²) in [6.45, 7) is 6.97. The minimum atomic E-state index is -3.73. The molecule has 33 heavy (non-hydrogen) atoms. The van der Waals surface area contributed by atoms with Crippen molar-refractivity contribution in [3.8, 4) is 11.8 Å². The van der Waals surface area contributed by atoms with Gasteiger partial charge < -0.3 is 4.74 Å². The zero-order valence-electron chi connectivity index (χ0n) is 19.3. The van der Waals surface area contributed by atoms with E-state index >= 15 is 0 Å². The molecule has 0 saturated heterocycles. The fraction of sp³-hybridized carbons (Fsp3) is 0.346. The van der Waals surface area contributed by atoms with Crippen molar-refractivity contribution in [2.45, 2.75) is 44.6 Å². The van der Waals surface area contributed by atoms with E-state index in [0.717, 1.165) is 22.0 Å². The highest BCUT2D eigenvalue weighted by molar-refractivity contribution is 9.10. The number of ether oxygens (including phenoxy) is 1. The lowest BCUT2D eigenvalue weighted by Gasteiger charge is -2.21. The molecule has 0 heterocycles. The van der Waals surface area contributed by atoms with Gasteiger partial charge in [0.15, 0.2) is 5.60 Å². The van der Waals surface area contributed by atoms with Crippen LogP contribution in [0.4, 0.5) is 0 Å². The molecule has 0 radical (unpaired) electrons. The zero-order valence-corrected chi connectivity index (χ0v) is 21.7. The second-order valence-electron chi connectivity index (χ2n) is 8.69. The van der Waals surface area contributed by atoms with Crippen LogP contribution >= 0.6 is 15.9 Å². The maximum Gasteiger partial charge on any atom is 0.304 e. The molecule has 5 nitrogen and oxygen atoms in total. The molecule has 1 atom stereocenters. The molecule has 1 unspecified atom stereocenters. The highest BCUT2D eigenvalue weighted by Gasteiger charge is 2.35. The summed E-state index contributed by atoms with van der Waals surface area (Å²) < 4.78 is 34.4. The van der Waals surface area contributed by atoms with Gasteiger partial charge in [-0.15, -0.1) is 0 Å². The van der Waals surface area contributed by atoms with Crippen molar-refractivity contribution in [3.05, 3.63) is 69.7 Å². The number of halogens is 1. The van der Waals surface area contributed by atoms with Gasteiger partial charge >= 0.3 is 5.97 Å². The van der Waals surface area contributed by atoms with Crippen LogP contribution in [0.5, 0.6) is 0 Å². The van der Waals surface area contributed by atoms with Crippen molar-refractivity contribution in [2.75, 3.05) is 13.1 Å². The van der Waals surface area contributed by atoms with Crippen LogP contribution in [0.25, 0.3) is 6.08 Å². The van der Waals surface area contributed by atoms with Crippen LogP contribution in [0, 0.1) is 24.7 Å². The van der Waals surface area contributed by atoms with E-state index in [1.807, 2.05) is 31.2 Å². The lowest BCUT2D eigenvalue weighted by molar-refractivity contribution is -0.148. The Hall–Kier alpha value is -2.40. The van der Waals surface area contributed by atoms with Gasteiger partial charge in [-0.1, -0.05) is 69.2 Å². The number of carbonyl (C=O) groups is 1. The van der Waals surface area contributed by atoms with E-state index in [9.17, 15) is 13.2 Å². The lowest BCUT2D eigenvalue weighted by atomic mass is 10.1. The number of hydrogen-bond donors (Lipinski definition) is 0. The van der Waals surface area contributed by atoms with Crippen LogP contribution in [-0.2, 0) is 19.6 Å². The van der Waals surface area contributed by atoms with Gasteiger partial charge in [-0.2, -0.15) is 4.31 Å². The Morgan fingerprint density at radius 3 is 2.42 bits per heavy atom. The molecule has 1 saturated carbocycles. The smallest absolute Gasteiger partial charge is 0.304 e. The first-order valence-corrected chi connectivity index (χ1v) is 12.9. The third-order valence-corrected chi connectivity index (χ3v) is 7.55. The monoisotopic (exact) mass is 529 g/mol. The summed E-state index contributed by atoms with van der Waals surface area (Å²) in [4.78, 5) is 11.5. The van der Waals surface area contributed by atoms with E-state index in [0.29, 0.717) is 6.54 Å². The predicted octanol–water partition coefficient (Wildman–Crippen LogP) is 5.20. The maximum atomic E-state index is 13.4. The van der Waals surface area contributed by atoms with E-state index in [4.69, 9.17) is 4.74 Å². The molecular formula is C26H28BrNO4S. The molecule has 1 fully saturated rings. The van der Waals surface area contributed by atoms with Gasteiger partial charge in [-0.05, 0) is 62.9 Å². The molecule has 0 aliphatic heterocycles. The second kappa shape index (κ2) is 10.3. The number of carbonyl (C=O) groups excluding carboxylic acids is 1. The Balaban J connectivity index is 1.81. The first-order chi connectivity index (χ1) is 15.5. The van der Waals surface area contributed by atoms with Crippen molar-refractivity contribution in [2.24, 2.45) is 5.92 Å². The number of benzene rings is 2. The molecular weight excluding hydrogens is 502 g/mol. The first-order valence-electron chi connectivity index (χ1n) is 10.7. The Kier molecular flexibility index (Phi) is 7.84. The fourth-order valence-electron chi connectivity index (χ4n) is 3.44. The van der Waals surface area contributed by atoms with Crippen LogP contribution in [0.15, 0.2) is 63.5 Å². The van der Waals surface area contributed by atoms with Gasteiger partial charge in [-0.25, -0.2) is 8.42 Å². The highest BCUT2D eigenvalue weighted by Crippen LogP contribution is 2.40. The van der Waals surface area contributed by atoms with Crippen LogP contribution in [0.2, 0.25) is 0 Å². The van der Waals surface area contributed by atoms with Crippen LogP contribution in [0.1, 0.15) is 38.3 Å². The van der Waals surface area contributed by atoms with Gasteiger partial charge in [0, 0.05) is 17.9 Å². The van der Waals surface area contributed by atoms with Crippen LogP contribution in [-0.4, -0.2) is 37.4 Å². The SMILES string of the molecule is CC(=O)OC(C)(C)C#CCN(CC1C/C1=C/c1ccc(Br)cc1)S(=O)(=O)c1ccc(C)cc1. The summed E-state index contributed by atoms with van der Waals surface area (Å²) in [6, 6.07) is 14.8. The third kappa shape index (κ3) is 7.29. The normalized spacial score (nSPS) is 16.9. The summed E-state index contributed by atoms with van der Waals surface area (Å²) in [5.74, 6) is 5.52. The van der Waals surface area contributed by atoms with E-state index in [-0.39, 0.29) is 17.4 Å². The fourth-order valence-corrected chi connectivity index (χ4v) is 5.09. The molecule has 3 rings (SSSR count). The van der Waals surface area contributed by atoms with Crippen molar-refractivity contribution in [3.63, 3.8) is 0 Å². The molecule has 0 aromatic heterocycles. The average Bonchev–Trinajstić information content (AvgIpc) is 3.45. The maximum absolute atomic E-state index is 13.4. The number of aryl methyl sites for hydroxylation is 1. The average molecular weight is 530 g/mol.